The molecule has 3 nitrogen and oxygen atoms in total. The number of hydrogen-bond donors (Lipinski definition) is 2. The van der Waals surface area contributed by atoms with Crippen molar-refractivity contribution in [3.63, 3.8) is 0 Å². The number of anilines is 1. The van der Waals surface area contributed by atoms with Crippen LogP contribution in [0.15, 0.2) is 24.3 Å². The van der Waals surface area contributed by atoms with Gasteiger partial charge in [0.2, 0.25) is 0 Å². The van der Waals surface area contributed by atoms with E-state index in [-0.39, 0.29) is 18.3 Å². The van der Waals surface area contributed by atoms with E-state index in [0.717, 1.165) is 18.8 Å². The molecule has 106 valence electrons. The molecular weight excluding hydrogens is 260 g/mol. The van der Waals surface area contributed by atoms with Gasteiger partial charge in [0.15, 0.2) is 0 Å². The maximum Gasteiger partial charge on any atom is 0.253 e. The van der Waals surface area contributed by atoms with Gasteiger partial charge in [0.05, 0.1) is 5.56 Å². The Bertz CT molecular complexity index is 414. The van der Waals surface area contributed by atoms with Gasteiger partial charge in [0, 0.05) is 11.7 Å². The fourth-order valence-corrected chi connectivity index (χ4v) is 2.68. The Morgan fingerprint density at radius 2 is 1.89 bits per heavy atom. The molecule has 0 atom stereocenters. The summed E-state index contributed by atoms with van der Waals surface area (Å²) in [7, 11) is 0. The largest absolute Gasteiger partial charge is 0.398 e. The Kier molecular flexibility index (Phi) is 6.16. The fourth-order valence-electron chi connectivity index (χ4n) is 2.68. The van der Waals surface area contributed by atoms with E-state index in [4.69, 9.17) is 5.73 Å². The first-order valence-electron chi connectivity index (χ1n) is 6.86. The summed E-state index contributed by atoms with van der Waals surface area (Å²) in [6, 6.07) is 7.56. The molecule has 0 spiro atoms. The van der Waals surface area contributed by atoms with Crippen molar-refractivity contribution in [3.05, 3.63) is 29.8 Å². The molecule has 0 bridgehead atoms. The average Bonchev–Trinajstić information content (AvgIpc) is 2.40. The second-order valence-corrected chi connectivity index (χ2v) is 5.19. The summed E-state index contributed by atoms with van der Waals surface area (Å²) in [6.45, 7) is 2.24. The van der Waals surface area contributed by atoms with Crippen LogP contribution in [0.3, 0.4) is 0 Å². The number of hydrogen-bond acceptors (Lipinski definition) is 2. The summed E-state index contributed by atoms with van der Waals surface area (Å²) in [5.41, 5.74) is 6.96. The van der Waals surface area contributed by atoms with E-state index in [2.05, 4.69) is 12.2 Å². The number of carbonyl (C=O) groups is 1. The maximum absolute atomic E-state index is 12.1. The lowest BCUT2D eigenvalue weighted by molar-refractivity contribution is 0.0922. The van der Waals surface area contributed by atoms with Crippen molar-refractivity contribution in [3.8, 4) is 0 Å². The number of carbonyl (C=O) groups excluding carboxylic acids is 1. The molecule has 0 saturated heterocycles. The topological polar surface area (TPSA) is 55.1 Å². The van der Waals surface area contributed by atoms with E-state index >= 15 is 0 Å². The third-order valence-corrected chi connectivity index (χ3v) is 3.96. The number of amides is 1. The van der Waals surface area contributed by atoms with Crippen LogP contribution in [0.4, 0.5) is 5.69 Å². The van der Waals surface area contributed by atoms with Crippen molar-refractivity contribution >= 4 is 24.0 Å². The van der Waals surface area contributed by atoms with Crippen LogP contribution >= 0.6 is 12.4 Å². The van der Waals surface area contributed by atoms with Crippen molar-refractivity contribution in [1.29, 1.82) is 0 Å². The maximum atomic E-state index is 12.1. The fraction of sp³-hybridized carbons (Fsp3) is 0.533. The average molecular weight is 283 g/mol. The van der Waals surface area contributed by atoms with Gasteiger partial charge in [-0.05, 0) is 43.7 Å². The molecule has 3 N–H and O–H groups in total. The Balaban J connectivity index is 0.00000180. The smallest absolute Gasteiger partial charge is 0.253 e. The molecule has 1 aliphatic carbocycles. The summed E-state index contributed by atoms with van der Waals surface area (Å²) in [4.78, 5) is 12.1. The minimum absolute atomic E-state index is 0. The van der Waals surface area contributed by atoms with Gasteiger partial charge in [-0.1, -0.05) is 25.5 Å². The van der Waals surface area contributed by atoms with Crippen molar-refractivity contribution in [2.75, 3.05) is 5.73 Å². The van der Waals surface area contributed by atoms with Gasteiger partial charge in [0.25, 0.3) is 5.91 Å². The summed E-state index contributed by atoms with van der Waals surface area (Å²) in [5.74, 6) is 0.813. The first kappa shape index (κ1) is 15.8. The SMILES string of the molecule is CCC1CCC(NC(=O)c2ccccc2N)CC1.Cl. The van der Waals surface area contributed by atoms with E-state index in [1.165, 1.54) is 19.3 Å². The van der Waals surface area contributed by atoms with Crippen LogP contribution in [0.2, 0.25) is 0 Å². The standard InChI is InChI=1S/C15H22N2O.ClH/c1-2-11-7-9-12(10-8-11)17-15(18)13-5-3-4-6-14(13)16;/h3-6,11-12H,2,7-10,16H2,1H3,(H,17,18);1H. The third kappa shape index (κ3) is 4.13. The van der Waals surface area contributed by atoms with E-state index in [1.54, 1.807) is 12.1 Å². The zero-order chi connectivity index (χ0) is 13.0. The highest BCUT2D eigenvalue weighted by atomic mass is 35.5. The Labute approximate surface area is 121 Å². The number of nitrogen functional groups attached to an aromatic ring is 1. The normalized spacial score (nSPS) is 22.4. The van der Waals surface area contributed by atoms with Gasteiger partial charge < -0.3 is 11.1 Å². The van der Waals surface area contributed by atoms with Gasteiger partial charge in [-0.2, -0.15) is 0 Å². The number of rotatable bonds is 3. The number of nitrogens with one attached hydrogen (secondary N) is 1. The first-order chi connectivity index (χ1) is 8.70. The van der Waals surface area contributed by atoms with Crippen LogP contribution < -0.4 is 11.1 Å². The van der Waals surface area contributed by atoms with Crippen molar-refractivity contribution in [1.82, 2.24) is 5.32 Å². The molecule has 1 amide bonds. The summed E-state index contributed by atoms with van der Waals surface area (Å²) in [6.07, 6.45) is 5.90. The molecular formula is C15H23ClN2O. The molecule has 19 heavy (non-hydrogen) atoms. The molecule has 4 heteroatoms. The lowest BCUT2D eigenvalue weighted by Gasteiger charge is -2.28. The van der Waals surface area contributed by atoms with Crippen molar-refractivity contribution in [2.24, 2.45) is 5.92 Å². The molecule has 1 fully saturated rings. The van der Waals surface area contributed by atoms with Gasteiger partial charge in [-0.25, -0.2) is 0 Å². The lowest BCUT2D eigenvalue weighted by atomic mass is 9.84. The molecule has 1 aromatic rings. The van der Waals surface area contributed by atoms with Crippen LogP contribution in [0.1, 0.15) is 49.4 Å². The van der Waals surface area contributed by atoms with Crippen LogP contribution in [0, 0.1) is 5.92 Å². The second kappa shape index (κ2) is 7.39. The zero-order valence-corrected chi connectivity index (χ0v) is 12.2. The van der Waals surface area contributed by atoms with E-state index in [1.807, 2.05) is 12.1 Å². The molecule has 0 unspecified atom stereocenters. The number of halogens is 1. The highest BCUT2D eigenvalue weighted by Crippen LogP contribution is 2.26. The highest BCUT2D eigenvalue weighted by Gasteiger charge is 2.22. The van der Waals surface area contributed by atoms with Crippen LogP contribution in [-0.2, 0) is 0 Å². The number of nitrogens with two attached hydrogens (primary N) is 1. The van der Waals surface area contributed by atoms with E-state index < -0.39 is 0 Å². The molecule has 0 heterocycles. The predicted molar refractivity (Wildman–Crippen MR) is 81.6 cm³/mol. The van der Waals surface area contributed by atoms with Crippen LogP contribution in [0.5, 0.6) is 0 Å². The Morgan fingerprint density at radius 1 is 1.26 bits per heavy atom. The molecule has 0 aliphatic heterocycles. The minimum Gasteiger partial charge on any atom is -0.398 e. The van der Waals surface area contributed by atoms with Crippen molar-refractivity contribution in [2.45, 2.75) is 45.1 Å². The van der Waals surface area contributed by atoms with Gasteiger partial charge in [-0.3, -0.25) is 4.79 Å². The van der Waals surface area contributed by atoms with Gasteiger partial charge in [-0.15, -0.1) is 12.4 Å². The van der Waals surface area contributed by atoms with Gasteiger partial charge in [0.1, 0.15) is 0 Å². The van der Waals surface area contributed by atoms with E-state index in [9.17, 15) is 4.79 Å². The summed E-state index contributed by atoms with van der Waals surface area (Å²) >= 11 is 0. The quantitative estimate of drug-likeness (QED) is 0.835. The summed E-state index contributed by atoms with van der Waals surface area (Å²) < 4.78 is 0. The second-order valence-electron chi connectivity index (χ2n) is 5.19. The molecule has 1 saturated carbocycles. The molecule has 1 aromatic carbocycles. The highest BCUT2D eigenvalue weighted by molar-refractivity contribution is 5.99. The third-order valence-electron chi connectivity index (χ3n) is 3.96. The van der Waals surface area contributed by atoms with Crippen LogP contribution in [-0.4, -0.2) is 11.9 Å². The predicted octanol–water partition coefficient (Wildman–Crippen LogP) is 3.39. The monoisotopic (exact) mass is 282 g/mol. The minimum atomic E-state index is -0.0342. The number of benzene rings is 1. The molecule has 1 aliphatic rings. The molecule has 2 rings (SSSR count). The summed E-state index contributed by atoms with van der Waals surface area (Å²) in [5, 5.41) is 3.10. The first-order valence-corrected chi connectivity index (χ1v) is 6.86. The Hall–Kier alpha value is -1.22. The lowest BCUT2D eigenvalue weighted by Crippen LogP contribution is -2.37. The van der Waals surface area contributed by atoms with Gasteiger partial charge >= 0.3 is 0 Å². The Morgan fingerprint density at radius 3 is 2.47 bits per heavy atom. The number of para-hydroxylation sites is 1. The van der Waals surface area contributed by atoms with Crippen LogP contribution in [0.25, 0.3) is 0 Å². The zero-order valence-electron chi connectivity index (χ0n) is 11.4. The molecule has 0 aromatic heterocycles. The van der Waals surface area contributed by atoms with E-state index in [0.29, 0.717) is 17.3 Å². The molecule has 0 radical (unpaired) electrons. The van der Waals surface area contributed by atoms with Crippen molar-refractivity contribution < 1.29 is 4.79 Å².